The number of rotatable bonds is 6. The fourth-order valence-electron chi connectivity index (χ4n) is 3.19. The number of nitrogens with one attached hydrogen (secondary N) is 2. The van der Waals surface area contributed by atoms with Crippen LogP contribution < -0.4 is 10.9 Å². The van der Waals surface area contributed by atoms with Gasteiger partial charge in [0.1, 0.15) is 0 Å². The molecule has 0 bridgehead atoms. The number of carbonyl (C=O) groups is 1. The highest BCUT2D eigenvalue weighted by Crippen LogP contribution is 2.29. The molecular formula is C19H26ClN3O2S. The second kappa shape index (κ2) is 9.35. The Morgan fingerprint density at radius 2 is 2.04 bits per heavy atom. The summed E-state index contributed by atoms with van der Waals surface area (Å²) in [6, 6.07) is 6.09. The van der Waals surface area contributed by atoms with Crippen molar-refractivity contribution in [3.8, 4) is 10.4 Å². The standard InChI is InChI=1S/C19H25N3O2S.ClH/c1-3-14-10-16(13(2)21-19(14)24)17-7-6-15(25-17)11-20-18(23)12-22-8-4-5-9-22;/h6-7,10H,3-5,8-9,11-12H2,1-2H3,(H,20,23)(H,21,24);1H. The third kappa shape index (κ3) is 4.96. The third-order valence-electron chi connectivity index (χ3n) is 4.65. The minimum absolute atomic E-state index is 0. The Hall–Kier alpha value is -1.63. The molecule has 1 aliphatic heterocycles. The minimum atomic E-state index is -0.00490. The van der Waals surface area contributed by atoms with Gasteiger partial charge in [0.05, 0.1) is 13.1 Å². The van der Waals surface area contributed by atoms with Gasteiger partial charge in [-0.3, -0.25) is 14.5 Å². The number of likely N-dealkylation sites (tertiary alicyclic amines) is 1. The van der Waals surface area contributed by atoms with Crippen LogP contribution in [0.5, 0.6) is 0 Å². The summed E-state index contributed by atoms with van der Waals surface area (Å²) in [6.45, 7) is 7.02. The van der Waals surface area contributed by atoms with E-state index in [0.29, 0.717) is 19.5 Å². The van der Waals surface area contributed by atoms with Gasteiger partial charge < -0.3 is 10.3 Å². The molecule has 0 aliphatic carbocycles. The largest absolute Gasteiger partial charge is 0.350 e. The fourth-order valence-corrected chi connectivity index (χ4v) is 4.21. The van der Waals surface area contributed by atoms with E-state index in [4.69, 9.17) is 0 Å². The van der Waals surface area contributed by atoms with Gasteiger partial charge in [0.2, 0.25) is 5.91 Å². The van der Waals surface area contributed by atoms with E-state index in [1.165, 1.54) is 12.8 Å². The zero-order valence-corrected chi connectivity index (χ0v) is 16.9. The highest BCUT2D eigenvalue weighted by atomic mass is 35.5. The van der Waals surface area contributed by atoms with Gasteiger partial charge in [-0.05, 0) is 57.5 Å². The Morgan fingerprint density at radius 3 is 2.73 bits per heavy atom. The Kier molecular flexibility index (Phi) is 7.43. The van der Waals surface area contributed by atoms with E-state index in [9.17, 15) is 9.59 Å². The summed E-state index contributed by atoms with van der Waals surface area (Å²) < 4.78 is 0. The summed E-state index contributed by atoms with van der Waals surface area (Å²) in [5.41, 5.74) is 2.74. The molecule has 1 amide bonds. The summed E-state index contributed by atoms with van der Waals surface area (Å²) in [5, 5.41) is 3.01. The third-order valence-corrected chi connectivity index (χ3v) is 5.77. The highest BCUT2D eigenvalue weighted by Gasteiger charge is 2.15. The maximum Gasteiger partial charge on any atom is 0.251 e. The van der Waals surface area contributed by atoms with Gasteiger partial charge in [0, 0.05) is 26.6 Å². The van der Waals surface area contributed by atoms with E-state index < -0.39 is 0 Å². The van der Waals surface area contributed by atoms with Gasteiger partial charge in [-0.25, -0.2) is 0 Å². The van der Waals surface area contributed by atoms with Crippen molar-refractivity contribution >= 4 is 29.7 Å². The molecule has 3 heterocycles. The van der Waals surface area contributed by atoms with Crippen molar-refractivity contribution in [2.24, 2.45) is 0 Å². The number of aromatic amines is 1. The zero-order chi connectivity index (χ0) is 17.8. The number of pyridine rings is 1. The van der Waals surface area contributed by atoms with E-state index in [1.807, 2.05) is 26.0 Å². The molecule has 2 aromatic heterocycles. The summed E-state index contributed by atoms with van der Waals surface area (Å²) in [7, 11) is 0. The Labute approximate surface area is 164 Å². The van der Waals surface area contributed by atoms with E-state index >= 15 is 0 Å². The molecule has 0 spiro atoms. The van der Waals surface area contributed by atoms with Crippen LogP contribution in [0.4, 0.5) is 0 Å². The van der Waals surface area contributed by atoms with Crippen molar-refractivity contribution in [1.82, 2.24) is 15.2 Å². The molecule has 0 saturated carbocycles. The number of amides is 1. The number of hydrogen-bond acceptors (Lipinski definition) is 4. The molecule has 2 aromatic rings. The topological polar surface area (TPSA) is 65.2 Å². The highest BCUT2D eigenvalue weighted by molar-refractivity contribution is 7.15. The maximum atomic E-state index is 12.0. The lowest BCUT2D eigenvalue weighted by molar-refractivity contribution is -0.122. The molecule has 3 rings (SSSR count). The molecule has 7 heteroatoms. The summed E-state index contributed by atoms with van der Waals surface area (Å²) >= 11 is 1.66. The van der Waals surface area contributed by atoms with Gasteiger partial charge in [-0.2, -0.15) is 0 Å². The average Bonchev–Trinajstić information content (AvgIpc) is 3.25. The van der Waals surface area contributed by atoms with Crippen LogP contribution in [0.1, 0.15) is 35.9 Å². The van der Waals surface area contributed by atoms with Gasteiger partial charge in [0.15, 0.2) is 0 Å². The number of nitrogens with zero attached hydrogens (tertiary/aromatic N) is 1. The summed E-state index contributed by atoms with van der Waals surface area (Å²) in [4.78, 5) is 31.3. The first-order valence-electron chi connectivity index (χ1n) is 8.87. The normalized spacial score (nSPS) is 14.2. The lowest BCUT2D eigenvalue weighted by Crippen LogP contribution is -2.35. The average molecular weight is 396 g/mol. The molecule has 0 aromatic carbocycles. The fraction of sp³-hybridized carbons (Fsp3) is 0.474. The minimum Gasteiger partial charge on any atom is -0.350 e. The van der Waals surface area contributed by atoms with Gasteiger partial charge in [0.25, 0.3) is 5.56 Å². The number of aryl methyl sites for hydroxylation is 2. The molecule has 0 atom stereocenters. The van der Waals surface area contributed by atoms with E-state index in [2.05, 4.69) is 21.3 Å². The van der Waals surface area contributed by atoms with Crippen molar-refractivity contribution in [2.45, 2.75) is 39.7 Å². The molecule has 1 saturated heterocycles. The lowest BCUT2D eigenvalue weighted by Gasteiger charge is -2.13. The molecule has 1 aliphatic rings. The van der Waals surface area contributed by atoms with Crippen LogP contribution in [0.2, 0.25) is 0 Å². The van der Waals surface area contributed by atoms with Crippen molar-refractivity contribution in [3.63, 3.8) is 0 Å². The van der Waals surface area contributed by atoms with Crippen molar-refractivity contribution in [3.05, 3.63) is 44.7 Å². The second-order valence-electron chi connectivity index (χ2n) is 6.54. The van der Waals surface area contributed by atoms with Crippen LogP contribution in [0, 0.1) is 6.92 Å². The van der Waals surface area contributed by atoms with Gasteiger partial charge in [-0.1, -0.05) is 6.92 Å². The molecule has 142 valence electrons. The Bertz CT molecular complexity index is 809. The van der Waals surface area contributed by atoms with E-state index in [0.717, 1.165) is 39.7 Å². The van der Waals surface area contributed by atoms with Gasteiger partial charge in [-0.15, -0.1) is 23.7 Å². The quantitative estimate of drug-likeness (QED) is 0.789. The lowest BCUT2D eigenvalue weighted by atomic mass is 10.1. The Balaban J connectivity index is 0.00000243. The van der Waals surface area contributed by atoms with Crippen molar-refractivity contribution < 1.29 is 4.79 Å². The summed E-state index contributed by atoms with van der Waals surface area (Å²) in [6.07, 6.45) is 3.10. The van der Waals surface area contributed by atoms with Crippen molar-refractivity contribution in [2.75, 3.05) is 19.6 Å². The second-order valence-corrected chi connectivity index (χ2v) is 7.71. The number of halogens is 1. The van der Waals surface area contributed by atoms with Crippen LogP contribution >= 0.6 is 23.7 Å². The number of H-pyrrole nitrogens is 1. The first-order valence-corrected chi connectivity index (χ1v) is 9.69. The van der Waals surface area contributed by atoms with Crippen molar-refractivity contribution in [1.29, 1.82) is 0 Å². The van der Waals surface area contributed by atoms with E-state index in [1.54, 1.807) is 11.3 Å². The van der Waals surface area contributed by atoms with E-state index in [-0.39, 0.29) is 23.9 Å². The first-order chi connectivity index (χ1) is 12.1. The number of thiophene rings is 1. The molecule has 0 radical (unpaired) electrons. The number of aromatic nitrogens is 1. The zero-order valence-electron chi connectivity index (χ0n) is 15.3. The molecule has 0 unspecified atom stereocenters. The Morgan fingerprint density at radius 1 is 1.31 bits per heavy atom. The number of carbonyl (C=O) groups excluding carboxylic acids is 1. The van der Waals surface area contributed by atoms with Crippen LogP contribution in [-0.4, -0.2) is 35.4 Å². The molecule has 5 nitrogen and oxygen atoms in total. The van der Waals surface area contributed by atoms with Crippen LogP contribution in [0.25, 0.3) is 10.4 Å². The maximum absolute atomic E-state index is 12.0. The predicted octanol–water partition coefficient (Wildman–Crippen LogP) is 3.11. The van der Waals surface area contributed by atoms with Crippen LogP contribution in [0.15, 0.2) is 23.0 Å². The SMILES string of the molecule is CCc1cc(-c2ccc(CNC(=O)CN3CCCC3)s2)c(C)[nH]c1=O.Cl. The smallest absolute Gasteiger partial charge is 0.251 e. The van der Waals surface area contributed by atoms with Crippen LogP contribution in [-0.2, 0) is 17.8 Å². The molecule has 26 heavy (non-hydrogen) atoms. The summed E-state index contributed by atoms with van der Waals surface area (Å²) in [5.74, 6) is 0.0883. The molecular weight excluding hydrogens is 370 g/mol. The van der Waals surface area contributed by atoms with Crippen LogP contribution in [0.3, 0.4) is 0 Å². The molecule has 1 fully saturated rings. The first kappa shape index (κ1) is 20.7. The molecule has 2 N–H and O–H groups in total. The van der Waals surface area contributed by atoms with Gasteiger partial charge >= 0.3 is 0 Å². The monoisotopic (exact) mass is 395 g/mol. The predicted molar refractivity (Wildman–Crippen MR) is 109 cm³/mol. The number of hydrogen-bond donors (Lipinski definition) is 2.